The second kappa shape index (κ2) is 11.4. The molecular formula is C24H28Cl2N4O3S. The third-order valence-electron chi connectivity index (χ3n) is 5.69. The topological polar surface area (TPSA) is 66.0 Å². The van der Waals surface area contributed by atoms with Gasteiger partial charge in [-0.3, -0.25) is 14.5 Å². The van der Waals surface area contributed by atoms with Gasteiger partial charge in [0.05, 0.1) is 22.8 Å². The fourth-order valence-electron chi connectivity index (χ4n) is 4.02. The molecule has 0 saturated carbocycles. The summed E-state index contributed by atoms with van der Waals surface area (Å²) in [5.41, 5.74) is 1.46. The number of anilines is 2. The van der Waals surface area contributed by atoms with Gasteiger partial charge >= 0.3 is 0 Å². The van der Waals surface area contributed by atoms with Gasteiger partial charge in [-0.15, -0.1) is 12.4 Å². The third-order valence-corrected chi connectivity index (χ3v) is 7.23. The first-order valence-electron chi connectivity index (χ1n) is 10.8. The number of aromatic nitrogens is 1. The monoisotopic (exact) mass is 522 g/mol. The number of methoxy groups -OCH3 is 1. The first-order valence-corrected chi connectivity index (χ1v) is 12.0. The quantitative estimate of drug-likeness (QED) is 0.428. The number of benzene rings is 2. The molecule has 1 fully saturated rings. The first-order chi connectivity index (χ1) is 15.9. The van der Waals surface area contributed by atoms with Crippen LogP contribution in [0.1, 0.15) is 12.8 Å². The van der Waals surface area contributed by atoms with Gasteiger partial charge in [-0.05, 0) is 51.3 Å². The van der Waals surface area contributed by atoms with Crippen molar-refractivity contribution in [2.24, 2.45) is 5.92 Å². The van der Waals surface area contributed by atoms with E-state index in [0.717, 1.165) is 23.4 Å². The highest BCUT2D eigenvalue weighted by molar-refractivity contribution is 7.23. The Bertz CT molecular complexity index is 1160. The van der Waals surface area contributed by atoms with Crippen molar-refractivity contribution in [1.29, 1.82) is 0 Å². The first kappa shape index (κ1) is 26.2. The minimum Gasteiger partial charge on any atom is -0.494 e. The van der Waals surface area contributed by atoms with Crippen LogP contribution in [0.4, 0.5) is 10.8 Å². The van der Waals surface area contributed by atoms with E-state index >= 15 is 0 Å². The zero-order valence-electron chi connectivity index (χ0n) is 19.4. The molecule has 2 amide bonds. The van der Waals surface area contributed by atoms with Crippen LogP contribution in [0, 0.1) is 5.92 Å². The molecule has 7 nitrogen and oxygen atoms in total. The van der Waals surface area contributed by atoms with Crippen molar-refractivity contribution in [3.8, 4) is 5.75 Å². The van der Waals surface area contributed by atoms with E-state index in [1.165, 1.54) is 11.3 Å². The van der Waals surface area contributed by atoms with E-state index in [0.29, 0.717) is 34.5 Å². The predicted molar refractivity (Wildman–Crippen MR) is 141 cm³/mol. The molecule has 0 aliphatic carbocycles. The molecule has 182 valence electrons. The van der Waals surface area contributed by atoms with E-state index in [1.807, 2.05) is 44.4 Å². The molecule has 1 atom stereocenters. The molecular weight excluding hydrogens is 495 g/mol. The molecule has 0 N–H and O–H groups in total. The molecule has 2 heterocycles. The lowest BCUT2D eigenvalue weighted by Gasteiger charge is -2.24. The summed E-state index contributed by atoms with van der Waals surface area (Å²) in [5, 5.41) is 1.15. The molecule has 1 aliphatic rings. The molecule has 4 rings (SSSR count). The molecule has 1 saturated heterocycles. The smallest absolute Gasteiger partial charge is 0.234 e. The van der Waals surface area contributed by atoms with Crippen molar-refractivity contribution >= 4 is 68.2 Å². The van der Waals surface area contributed by atoms with Gasteiger partial charge in [0.2, 0.25) is 11.8 Å². The summed E-state index contributed by atoms with van der Waals surface area (Å²) in [5.74, 6) is 0.0572. The largest absolute Gasteiger partial charge is 0.494 e. The summed E-state index contributed by atoms with van der Waals surface area (Å²) >= 11 is 7.79. The summed E-state index contributed by atoms with van der Waals surface area (Å²) in [6.07, 6.45) is 0.968. The number of para-hydroxylation sites is 1. The number of carbonyl (C=O) groups excluding carboxylic acids is 2. The van der Waals surface area contributed by atoms with Crippen LogP contribution in [0.25, 0.3) is 10.2 Å². The average molecular weight is 523 g/mol. The molecule has 34 heavy (non-hydrogen) atoms. The molecule has 0 bridgehead atoms. The summed E-state index contributed by atoms with van der Waals surface area (Å²) in [4.78, 5) is 36.6. The van der Waals surface area contributed by atoms with Gasteiger partial charge in [-0.25, -0.2) is 4.98 Å². The fraction of sp³-hybridized carbons (Fsp3) is 0.375. The highest BCUT2D eigenvalue weighted by Gasteiger charge is 2.38. The number of nitrogens with zero attached hydrogens (tertiary/aromatic N) is 4. The lowest BCUT2D eigenvalue weighted by molar-refractivity contribution is -0.124. The predicted octanol–water partition coefficient (Wildman–Crippen LogP) is 4.72. The lowest BCUT2D eigenvalue weighted by atomic mass is 10.1. The number of fused-ring (bicyclic) bond motifs is 1. The van der Waals surface area contributed by atoms with Gasteiger partial charge in [-0.2, -0.15) is 0 Å². The minimum atomic E-state index is -0.429. The van der Waals surface area contributed by atoms with Crippen molar-refractivity contribution < 1.29 is 14.3 Å². The van der Waals surface area contributed by atoms with Gasteiger partial charge in [0.15, 0.2) is 5.13 Å². The number of hydrogen-bond acceptors (Lipinski definition) is 6. The van der Waals surface area contributed by atoms with E-state index in [-0.39, 0.29) is 30.6 Å². The van der Waals surface area contributed by atoms with Crippen LogP contribution < -0.4 is 14.5 Å². The van der Waals surface area contributed by atoms with E-state index in [2.05, 4.69) is 4.90 Å². The molecule has 1 aromatic heterocycles. The van der Waals surface area contributed by atoms with Crippen LogP contribution >= 0.6 is 35.3 Å². The van der Waals surface area contributed by atoms with E-state index in [1.54, 1.807) is 29.0 Å². The van der Waals surface area contributed by atoms with Gasteiger partial charge in [-0.1, -0.05) is 41.1 Å². The number of ether oxygens (including phenoxy) is 1. The SMILES string of the molecule is COc1ccc(Cl)c2sc(N(CCCN(C)C)C(=O)C3CC(=O)N(c4ccccc4)C3)nc12.Cl. The van der Waals surface area contributed by atoms with Gasteiger partial charge < -0.3 is 14.5 Å². The Hall–Kier alpha value is -2.39. The van der Waals surface area contributed by atoms with E-state index in [9.17, 15) is 9.59 Å². The van der Waals surface area contributed by atoms with E-state index in [4.69, 9.17) is 21.3 Å². The highest BCUT2D eigenvalue weighted by Crippen LogP contribution is 2.39. The standard InChI is InChI=1S/C24H27ClN4O3S.ClH/c1-27(2)12-7-13-28(24-26-21-19(32-3)11-10-18(25)22(21)33-24)23(31)16-14-20(30)29(15-16)17-8-5-4-6-9-17;/h4-6,8-11,16H,7,12-15H2,1-3H3;1H. The molecule has 0 spiro atoms. The van der Waals surface area contributed by atoms with Crippen molar-refractivity contribution in [2.45, 2.75) is 12.8 Å². The highest BCUT2D eigenvalue weighted by atomic mass is 35.5. The summed E-state index contributed by atoms with van der Waals surface area (Å²) in [7, 11) is 5.59. The number of rotatable bonds is 8. The summed E-state index contributed by atoms with van der Waals surface area (Å²) in [6, 6.07) is 13.0. The number of halogens is 2. The Kier molecular flexibility index (Phi) is 8.76. The molecule has 1 unspecified atom stereocenters. The van der Waals surface area contributed by atoms with Crippen LogP contribution in [0.2, 0.25) is 5.02 Å². The Morgan fingerprint density at radius 3 is 2.62 bits per heavy atom. The van der Waals surface area contributed by atoms with Crippen LogP contribution in [0.5, 0.6) is 5.75 Å². The maximum atomic E-state index is 13.7. The number of carbonyl (C=O) groups is 2. The van der Waals surface area contributed by atoms with Crippen LogP contribution in [-0.2, 0) is 9.59 Å². The van der Waals surface area contributed by atoms with E-state index < -0.39 is 5.92 Å². The Morgan fingerprint density at radius 1 is 1.21 bits per heavy atom. The van der Waals surface area contributed by atoms with Crippen molar-refractivity contribution in [3.05, 3.63) is 47.5 Å². The van der Waals surface area contributed by atoms with Gasteiger partial charge in [0, 0.05) is 25.2 Å². The second-order valence-electron chi connectivity index (χ2n) is 8.31. The average Bonchev–Trinajstić information content (AvgIpc) is 3.42. The molecule has 2 aromatic carbocycles. The molecule has 0 radical (unpaired) electrons. The number of hydrogen-bond donors (Lipinski definition) is 0. The summed E-state index contributed by atoms with van der Waals surface area (Å²) < 4.78 is 6.23. The minimum absolute atomic E-state index is 0. The number of thiazole rings is 1. The van der Waals surface area contributed by atoms with Crippen LogP contribution in [0.3, 0.4) is 0 Å². The van der Waals surface area contributed by atoms with Gasteiger partial charge in [0.25, 0.3) is 0 Å². The number of amides is 2. The lowest BCUT2D eigenvalue weighted by Crippen LogP contribution is -2.39. The molecule has 10 heteroatoms. The normalized spacial score (nSPS) is 15.6. The zero-order chi connectivity index (χ0) is 23.5. The fourth-order valence-corrected chi connectivity index (χ4v) is 5.31. The maximum absolute atomic E-state index is 13.7. The second-order valence-corrected chi connectivity index (χ2v) is 9.70. The Labute approximate surface area is 214 Å². The van der Waals surface area contributed by atoms with Gasteiger partial charge in [0.1, 0.15) is 11.3 Å². The third kappa shape index (κ3) is 5.46. The van der Waals surface area contributed by atoms with Crippen LogP contribution in [0.15, 0.2) is 42.5 Å². The van der Waals surface area contributed by atoms with Crippen molar-refractivity contribution in [2.75, 3.05) is 50.6 Å². The van der Waals surface area contributed by atoms with Crippen molar-refractivity contribution in [1.82, 2.24) is 9.88 Å². The summed E-state index contributed by atoms with van der Waals surface area (Å²) in [6.45, 7) is 1.70. The van der Waals surface area contributed by atoms with Crippen molar-refractivity contribution in [3.63, 3.8) is 0 Å². The molecule has 3 aromatic rings. The Balaban J connectivity index is 0.00000324. The molecule has 1 aliphatic heterocycles. The Morgan fingerprint density at radius 2 is 1.94 bits per heavy atom. The van der Waals surface area contributed by atoms with Crippen LogP contribution in [-0.4, -0.2) is 62.5 Å². The maximum Gasteiger partial charge on any atom is 0.234 e. The zero-order valence-corrected chi connectivity index (χ0v) is 21.8.